The highest BCUT2D eigenvalue weighted by Gasteiger charge is 2.04. The molecule has 1 aromatic carbocycles. The van der Waals surface area contributed by atoms with E-state index in [1.54, 1.807) is 11.8 Å². The average molecular weight is 241 g/mol. The minimum Gasteiger partial charge on any atom is -0.358 e. The molecular weight excluding hydrogens is 226 g/mol. The van der Waals surface area contributed by atoms with Gasteiger partial charge in [-0.15, -0.1) is 0 Å². The molecule has 0 aromatic heterocycles. The van der Waals surface area contributed by atoms with Crippen molar-refractivity contribution in [1.29, 1.82) is 0 Å². The molecule has 2 rings (SSSR count). The van der Waals surface area contributed by atoms with Crippen LogP contribution in [0.4, 0.5) is 5.69 Å². The molecule has 1 nitrogen and oxygen atoms in total. The molecule has 0 fully saturated rings. The molecule has 86 valence electrons. The van der Waals surface area contributed by atoms with Crippen LogP contribution >= 0.6 is 11.8 Å². The zero-order valence-corrected chi connectivity index (χ0v) is 10.5. The van der Waals surface area contributed by atoms with Gasteiger partial charge < -0.3 is 5.32 Å². The van der Waals surface area contributed by atoms with Gasteiger partial charge in [0.05, 0.1) is 5.69 Å². The number of anilines is 1. The summed E-state index contributed by atoms with van der Waals surface area (Å²) in [6, 6.07) is 8.20. The van der Waals surface area contributed by atoms with Crippen LogP contribution in [0.1, 0.15) is 6.42 Å². The van der Waals surface area contributed by atoms with Crippen LogP contribution in [0.25, 0.3) is 0 Å². The Kier molecular flexibility index (Phi) is 3.89. The van der Waals surface area contributed by atoms with Crippen molar-refractivity contribution < 1.29 is 0 Å². The Labute approximate surface area is 107 Å². The van der Waals surface area contributed by atoms with E-state index in [0.29, 0.717) is 0 Å². The lowest BCUT2D eigenvalue weighted by molar-refractivity contribution is 1.21. The third kappa shape index (κ3) is 3.40. The minimum atomic E-state index is 0.829. The molecule has 1 aromatic rings. The maximum Gasteiger partial charge on any atom is 0.0523 e. The third-order valence-corrected chi connectivity index (χ3v) is 3.31. The Bertz CT molecular complexity index is 497. The van der Waals surface area contributed by atoms with E-state index in [2.05, 4.69) is 36.7 Å². The number of nitrogens with one attached hydrogen (secondary N) is 1. The van der Waals surface area contributed by atoms with Gasteiger partial charge in [-0.05, 0) is 18.2 Å². The SMILES string of the molecule is C=C1CC=C/C=C\C(=C)Sc2ccccc2N1. The highest BCUT2D eigenvalue weighted by atomic mass is 32.2. The summed E-state index contributed by atoms with van der Waals surface area (Å²) in [4.78, 5) is 2.20. The second-order valence-corrected chi connectivity index (χ2v) is 4.95. The second-order valence-electron chi connectivity index (χ2n) is 3.78. The predicted octanol–water partition coefficient (Wildman–Crippen LogP) is 4.73. The molecule has 1 heterocycles. The van der Waals surface area contributed by atoms with Gasteiger partial charge in [-0.2, -0.15) is 0 Å². The molecule has 0 radical (unpaired) electrons. The Morgan fingerprint density at radius 1 is 1.12 bits per heavy atom. The number of rotatable bonds is 0. The molecule has 2 heteroatoms. The predicted molar refractivity (Wildman–Crippen MR) is 77.1 cm³/mol. The number of benzene rings is 1. The van der Waals surface area contributed by atoms with Crippen molar-refractivity contribution in [3.63, 3.8) is 0 Å². The first-order chi connectivity index (χ1) is 8.25. The summed E-state index contributed by atoms with van der Waals surface area (Å²) >= 11 is 1.66. The maximum atomic E-state index is 4.03. The Morgan fingerprint density at radius 2 is 1.94 bits per heavy atom. The smallest absolute Gasteiger partial charge is 0.0523 e. The summed E-state index contributed by atoms with van der Waals surface area (Å²) in [5.41, 5.74) is 2.09. The van der Waals surface area contributed by atoms with Crippen molar-refractivity contribution in [2.75, 3.05) is 5.32 Å². The molecule has 0 amide bonds. The zero-order chi connectivity index (χ0) is 12.1. The number of fused-ring (bicyclic) bond motifs is 1. The van der Waals surface area contributed by atoms with Crippen LogP contribution in [0.3, 0.4) is 0 Å². The van der Waals surface area contributed by atoms with Gasteiger partial charge in [-0.25, -0.2) is 0 Å². The van der Waals surface area contributed by atoms with Crippen molar-refractivity contribution in [3.8, 4) is 0 Å². The van der Waals surface area contributed by atoms with Gasteiger partial charge in [0, 0.05) is 21.9 Å². The maximum absolute atomic E-state index is 4.03. The normalized spacial score (nSPS) is 17.9. The molecular formula is C15H15NS. The molecule has 0 unspecified atom stereocenters. The lowest BCUT2D eigenvalue weighted by Crippen LogP contribution is -1.98. The van der Waals surface area contributed by atoms with E-state index < -0.39 is 0 Å². The first-order valence-corrected chi connectivity index (χ1v) is 6.31. The van der Waals surface area contributed by atoms with E-state index in [0.717, 1.165) is 22.7 Å². The Hall–Kier alpha value is -1.67. The molecule has 0 bridgehead atoms. The standard InChI is InChI=1S/C15H15NS/c1-12-8-4-3-5-9-13(2)17-15-11-7-6-10-14(15)16-12/h3-7,9-11,16H,1-2,8H2/b4-3?,9-5-. The summed E-state index contributed by atoms with van der Waals surface area (Å²) in [5.74, 6) is 0. The Balaban J connectivity index is 2.34. The monoisotopic (exact) mass is 241 g/mol. The summed E-state index contributed by atoms with van der Waals surface area (Å²) < 4.78 is 0. The van der Waals surface area contributed by atoms with E-state index in [4.69, 9.17) is 0 Å². The molecule has 0 atom stereocenters. The first kappa shape index (κ1) is 11.8. The van der Waals surface area contributed by atoms with Crippen LogP contribution in [-0.4, -0.2) is 0 Å². The van der Waals surface area contributed by atoms with Gasteiger partial charge in [0.1, 0.15) is 0 Å². The quantitative estimate of drug-likeness (QED) is 0.704. The number of allylic oxidation sites excluding steroid dienone is 4. The highest BCUT2D eigenvalue weighted by Crippen LogP contribution is 2.33. The van der Waals surface area contributed by atoms with Gasteiger partial charge >= 0.3 is 0 Å². The number of thioether (sulfide) groups is 1. The van der Waals surface area contributed by atoms with Gasteiger partial charge in [0.25, 0.3) is 0 Å². The van der Waals surface area contributed by atoms with Crippen molar-refractivity contribution >= 4 is 17.4 Å². The molecule has 0 spiro atoms. The molecule has 1 aliphatic rings. The third-order valence-electron chi connectivity index (χ3n) is 2.33. The van der Waals surface area contributed by atoms with E-state index in [1.165, 1.54) is 4.90 Å². The fraction of sp³-hybridized carbons (Fsp3) is 0.0667. The lowest BCUT2D eigenvalue weighted by atomic mass is 10.2. The topological polar surface area (TPSA) is 12.0 Å². The molecule has 0 aliphatic carbocycles. The van der Waals surface area contributed by atoms with Crippen LogP contribution in [0.5, 0.6) is 0 Å². The largest absolute Gasteiger partial charge is 0.358 e. The van der Waals surface area contributed by atoms with E-state index in [1.807, 2.05) is 30.4 Å². The van der Waals surface area contributed by atoms with Gasteiger partial charge in [-0.1, -0.05) is 55.3 Å². The Morgan fingerprint density at radius 3 is 2.82 bits per heavy atom. The fourth-order valence-electron chi connectivity index (χ4n) is 1.53. The van der Waals surface area contributed by atoms with Crippen LogP contribution < -0.4 is 5.32 Å². The van der Waals surface area contributed by atoms with Crippen molar-refractivity contribution in [2.24, 2.45) is 0 Å². The zero-order valence-electron chi connectivity index (χ0n) is 9.65. The molecule has 1 aliphatic heterocycles. The molecule has 1 N–H and O–H groups in total. The van der Waals surface area contributed by atoms with Gasteiger partial charge in [0.15, 0.2) is 0 Å². The average Bonchev–Trinajstić information content (AvgIpc) is 2.33. The first-order valence-electron chi connectivity index (χ1n) is 5.49. The van der Waals surface area contributed by atoms with Crippen molar-refractivity contribution in [2.45, 2.75) is 11.3 Å². The van der Waals surface area contributed by atoms with Gasteiger partial charge in [-0.3, -0.25) is 0 Å². The van der Waals surface area contributed by atoms with Crippen LogP contribution in [0.15, 0.2) is 77.2 Å². The fourth-order valence-corrected chi connectivity index (χ4v) is 2.33. The summed E-state index contributed by atoms with van der Waals surface area (Å²) in [6.45, 7) is 8.05. The van der Waals surface area contributed by atoms with Gasteiger partial charge in [0.2, 0.25) is 0 Å². The lowest BCUT2D eigenvalue weighted by Gasteiger charge is -2.12. The summed E-state index contributed by atoms with van der Waals surface area (Å²) in [5, 5.41) is 3.34. The van der Waals surface area contributed by atoms with Crippen molar-refractivity contribution in [3.05, 3.63) is 72.3 Å². The van der Waals surface area contributed by atoms with Crippen LogP contribution in [-0.2, 0) is 0 Å². The molecule has 0 saturated heterocycles. The number of hydrogen-bond donors (Lipinski definition) is 1. The minimum absolute atomic E-state index is 0.829. The van der Waals surface area contributed by atoms with E-state index in [-0.39, 0.29) is 0 Å². The molecule has 0 saturated carbocycles. The van der Waals surface area contributed by atoms with E-state index >= 15 is 0 Å². The van der Waals surface area contributed by atoms with E-state index in [9.17, 15) is 0 Å². The number of hydrogen-bond acceptors (Lipinski definition) is 2. The summed E-state index contributed by atoms with van der Waals surface area (Å²) in [7, 11) is 0. The van der Waals surface area contributed by atoms with Crippen molar-refractivity contribution in [1.82, 2.24) is 0 Å². The number of para-hydroxylation sites is 1. The highest BCUT2D eigenvalue weighted by molar-refractivity contribution is 8.03. The molecule has 17 heavy (non-hydrogen) atoms. The summed E-state index contributed by atoms with van der Waals surface area (Å²) in [6.07, 6.45) is 8.96. The second kappa shape index (κ2) is 5.60. The van der Waals surface area contributed by atoms with Crippen LogP contribution in [0, 0.1) is 0 Å². The van der Waals surface area contributed by atoms with Crippen LogP contribution in [0.2, 0.25) is 0 Å².